The van der Waals surface area contributed by atoms with Crippen LogP contribution < -0.4 is 4.74 Å². The van der Waals surface area contributed by atoms with Gasteiger partial charge in [0.1, 0.15) is 5.75 Å². The van der Waals surface area contributed by atoms with Crippen molar-refractivity contribution in [3.8, 4) is 5.75 Å². The van der Waals surface area contributed by atoms with Crippen LogP contribution in [0.1, 0.15) is 25.5 Å². The summed E-state index contributed by atoms with van der Waals surface area (Å²) in [5.74, 6) is 0.779. The highest BCUT2D eigenvalue weighted by Crippen LogP contribution is 2.27. The Balaban J connectivity index is 2.37. The average molecular weight is 274 g/mol. The van der Waals surface area contributed by atoms with E-state index in [4.69, 9.17) is 4.74 Å². The molecule has 0 fully saturated rings. The number of methoxy groups -OCH3 is 1. The zero-order valence-corrected chi connectivity index (χ0v) is 12.3. The fourth-order valence-corrected chi connectivity index (χ4v) is 2.39. The van der Waals surface area contributed by atoms with Crippen molar-refractivity contribution in [2.24, 2.45) is 0 Å². The van der Waals surface area contributed by atoms with Crippen LogP contribution in [0.4, 0.5) is 0 Å². The first-order valence-corrected chi connectivity index (χ1v) is 7.02. The average Bonchev–Trinajstić information content (AvgIpc) is 2.51. The highest BCUT2D eigenvalue weighted by Gasteiger charge is 2.15. The van der Waals surface area contributed by atoms with Crippen molar-refractivity contribution in [1.82, 2.24) is 9.88 Å². The fraction of sp³-hybridized carbons (Fsp3) is 0.438. The van der Waals surface area contributed by atoms with Crippen molar-refractivity contribution in [3.05, 3.63) is 36.0 Å². The number of fused-ring (bicyclic) bond motifs is 1. The van der Waals surface area contributed by atoms with Gasteiger partial charge in [0, 0.05) is 18.1 Å². The predicted molar refractivity (Wildman–Crippen MR) is 81.0 cm³/mol. The molecule has 1 heterocycles. The van der Waals surface area contributed by atoms with Gasteiger partial charge in [0.25, 0.3) is 0 Å². The summed E-state index contributed by atoms with van der Waals surface area (Å²) in [7, 11) is 1.64. The van der Waals surface area contributed by atoms with E-state index in [1.165, 1.54) is 0 Å². The summed E-state index contributed by atoms with van der Waals surface area (Å²) in [6.45, 7) is 6.69. The highest BCUT2D eigenvalue weighted by molar-refractivity contribution is 5.83. The lowest BCUT2D eigenvalue weighted by atomic mass is 10.0. The van der Waals surface area contributed by atoms with Crippen LogP contribution in [0.3, 0.4) is 0 Å². The zero-order valence-electron chi connectivity index (χ0n) is 12.3. The Labute approximate surface area is 120 Å². The Morgan fingerprint density at radius 2 is 2.00 bits per heavy atom. The van der Waals surface area contributed by atoms with E-state index in [0.717, 1.165) is 35.3 Å². The van der Waals surface area contributed by atoms with Crippen molar-refractivity contribution in [2.45, 2.75) is 20.0 Å². The molecule has 0 saturated heterocycles. The second-order valence-corrected chi connectivity index (χ2v) is 4.78. The van der Waals surface area contributed by atoms with Crippen molar-refractivity contribution < 1.29 is 9.84 Å². The number of rotatable bonds is 6. The minimum Gasteiger partial charge on any atom is -0.497 e. The Morgan fingerprint density at radius 1 is 1.25 bits per heavy atom. The van der Waals surface area contributed by atoms with Gasteiger partial charge >= 0.3 is 0 Å². The zero-order chi connectivity index (χ0) is 14.5. The lowest BCUT2D eigenvalue weighted by Crippen LogP contribution is -2.28. The third-order valence-electron chi connectivity index (χ3n) is 3.67. The van der Waals surface area contributed by atoms with Crippen LogP contribution in [0.5, 0.6) is 5.75 Å². The van der Waals surface area contributed by atoms with Crippen molar-refractivity contribution >= 4 is 10.9 Å². The summed E-state index contributed by atoms with van der Waals surface area (Å²) in [6, 6.07) is 7.62. The molecule has 0 spiro atoms. The highest BCUT2D eigenvalue weighted by atomic mass is 16.5. The second-order valence-electron chi connectivity index (χ2n) is 4.78. The van der Waals surface area contributed by atoms with Gasteiger partial charge in [-0.05, 0) is 42.9 Å². The summed E-state index contributed by atoms with van der Waals surface area (Å²) in [5.41, 5.74) is 1.78. The lowest BCUT2D eigenvalue weighted by molar-refractivity contribution is 0.120. The van der Waals surface area contributed by atoms with Gasteiger partial charge in [0.2, 0.25) is 0 Å². The summed E-state index contributed by atoms with van der Waals surface area (Å²) in [5, 5.41) is 11.5. The van der Waals surface area contributed by atoms with E-state index in [1.807, 2.05) is 24.3 Å². The first-order chi connectivity index (χ1) is 9.69. The summed E-state index contributed by atoms with van der Waals surface area (Å²) >= 11 is 0. The van der Waals surface area contributed by atoms with Gasteiger partial charge in [0.05, 0.1) is 18.7 Å². The quantitative estimate of drug-likeness (QED) is 0.879. The number of aliphatic hydroxyl groups excluding tert-OH is 1. The van der Waals surface area contributed by atoms with Crippen LogP contribution in [0, 0.1) is 0 Å². The molecule has 0 amide bonds. The maximum Gasteiger partial charge on any atom is 0.119 e. The van der Waals surface area contributed by atoms with Crippen molar-refractivity contribution in [3.63, 3.8) is 0 Å². The van der Waals surface area contributed by atoms with E-state index < -0.39 is 6.10 Å². The SMILES string of the molecule is CCN(CC)CC(O)c1ccnc2ccc(OC)cc12. The van der Waals surface area contributed by atoms with Crippen LogP contribution in [-0.2, 0) is 0 Å². The number of nitrogens with zero attached hydrogens (tertiary/aromatic N) is 2. The topological polar surface area (TPSA) is 45.6 Å². The minimum absolute atomic E-state index is 0.521. The number of likely N-dealkylation sites (N-methyl/N-ethyl adjacent to an activating group) is 1. The molecule has 0 bridgehead atoms. The van der Waals surface area contributed by atoms with Gasteiger partial charge in [-0.2, -0.15) is 0 Å². The van der Waals surface area contributed by atoms with Gasteiger partial charge in [-0.25, -0.2) is 0 Å². The third kappa shape index (κ3) is 3.08. The van der Waals surface area contributed by atoms with Gasteiger partial charge < -0.3 is 14.7 Å². The van der Waals surface area contributed by atoms with Crippen LogP contribution in [0.25, 0.3) is 10.9 Å². The molecule has 1 atom stereocenters. The smallest absolute Gasteiger partial charge is 0.119 e. The third-order valence-corrected chi connectivity index (χ3v) is 3.67. The molecule has 1 N–H and O–H groups in total. The molecule has 1 aromatic heterocycles. The Kier molecular flexibility index (Phi) is 4.93. The van der Waals surface area contributed by atoms with Gasteiger partial charge in [-0.1, -0.05) is 13.8 Å². The molecule has 20 heavy (non-hydrogen) atoms. The van der Waals surface area contributed by atoms with E-state index >= 15 is 0 Å². The van der Waals surface area contributed by atoms with E-state index in [-0.39, 0.29) is 0 Å². The molecule has 2 rings (SSSR count). The molecular weight excluding hydrogens is 252 g/mol. The van der Waals surface area contributed by atoms with E-state index in [1.54, 1.807) is 13.3 Å². The lowest BCUT2D eigenvalue weighted by Gasteiger charge is -2.22. The van der Waals surface area contributed by atoms with Crippen molar-refractivity contribution in [1.29, 1.82) is 0 Å². The van der Waals surface area contributed by atoms with Crippen molar-refractivity contribution in [2.75, 3.05) is 26.7 Å². The molecule has 0 radical (unpaired) electrons. The summed E-state index contributed by atoms with van der Waals surface area (Å²) in [6.07, 6.45) is 1.22. The minimum atomic E-state index is -0.521. The second kappa shape index (κ2) is 6.68. The molecule has 1 aromatic carbocycles. The van der Waals surface area contributed by atoms with Crippen LogP contribution >= 0.6 is 0 Å². The van der Waals surface area contributed by atoms with Crippen LogP contribution in [0.2, 0.25) is 0 Å². The molecule has 108 valence electrons. The first kappa shape index (κ1) is 14.8. The molecule has 4 heteroatoms. The number of benzene rings is 1. The molecule has 0 aliphatic rings. The van der Waals surface area contributed by atoms with E-state index in [2.05, 4.69) is 23.7 Å². The molecule has 0 saturated carbocycles. The molecule has 4 nitrogen and oxygen atoms in total. The molecule has 1 unspecified atom stereocenters. The monoisotopic (exact) mass is 274 g/mol. The number of aliphatic hydroxyl groups is 1. The summed E-state index contributed by atoms with van der Waals surface area (Å²) < 4.78 is 5.26. The maximum absolute atomic E-state index is 10.5. The predicted octanol–water partition coefficient (Wildman–Crippen LogP) is 2.62. The normalized spacial score (nSPS) is 12.8. The fourth-order valence-electron chi connectivity index (χ4n) is 2.39. The number of hydrogen-bond donors (Lipinski definition) is 1. The largest absolute Gasteiger partial charge is 0.497 e. The van der Waals surface area contributed by atoms with Crippen LogP contribution in [-0.4, -0.2) is 41.7 Å². The molecule has 2 aromatic rings. The standard InChI is InChI=1S/C16H22N2O2/c1-4-18(5-2)11-16(19)13-8-9-17-15-7-6-12(20-3)10-14(13)15/h6-10,16,19H,4-5,11H2,1-3H3. The molecule has 0 aliphatic carbocycles. The maximum atomic E-state index is 10.5. The van der Waals surface area contributed by atoms with Gasteiger partial charge in [-0.15, -0.1) is 0 Å². The van der Waals surface area contributed by atoms with Gasteiger partial charge in [0.15, 0.2) is 0 Å². The van der Waals surface area contributed by atoms with Gasteiger partial charge in [-0.3, -0.25) is 4.98 Å². The number of aromatic nitrogens is 1. The Bertz CT molecular complexity index is 567. The molecular formula is C16H22N2O2. The Morgan fingerprint density at radius 3 is 2.65 bits per heavy atom. The number of hydrogen-bond acceptors (Lipinski definition) is 4. The number of ether oxygens (including phenoxy) is 1. The van der Waals surface area contributed by atoms with Crippen LogP contribution in [0.15, 0.2) is 30.5 Å². The first-order valence-electron chi connectivity index (χ1n) is 7.02. The summed E-state index contributed by atoms with van der Waals surface area (Å²) in [4.78, 5) is 6.54. The van der Waals surface area contributed by atoms with E-state index in [9.17, 15) is 5.11 Å². The van der Waals surface area contributed by atoms with E-state index in [0.29, 0.717) is 6.54 Å². The molecule has 0 aliphatic heterocycles. The Hall–Kier alpha value is -1.65. The number of pyridine rings is 1.